The minimum atomic E-state index is -0.488. The summed E-state index contributed by atoms with van der Waals surface area (Å²) < 4.78 is 0. The molecule has 0 radical (unpaired) electrons. The van der Waals surface area contributed by atoms with Gasteiger partial charge >= 0.3 is 0 Å². The van der Waals surface area contributed by atoms with Gasteiger partial charge in [0.15, 0.2) is 0 Å². The Hall–Kier alpha value is -1.58. The van der Waals surface area contributed by atoms with Gasteiger partial charge in [-0.15, -0.1) is 0 Å². The monoisotopic (exact) mass is 1660 g/mol. The second-order valence-corrected chi connectivity index (χ2v) is 36.2. The van der Waals surface area contributed by atoms with Gasteiger partial charge in [-0.25, -0.2) is 25.0 Å². The molecule has 0 aliphatic rings. The Bertz CT molecular complexity index is 1920. The summed E-state index contributed by atoms with van der Waals surface area (Å²) in [5.41, 5.74) is 4.42. The van der Waals surface area contributed by atoms with Crippen molar-refractivity contribution in [2.45, 2.75) is 548 Å². The highest BCUT2D eigenvalue weighted by Crippen LogP contribution is 2.23. The molecule has 16 nitrogen and oxygen atoms in total. The van der Waals surface area contributed by atoms with Crippen LogP contribution in [0, 0.1) is 0 Å². The number of anilines is 1. The van der Waals surface area contributed by atoms with Crippen LogP contribution in [0.25, 0.3) is 0 Å². The lowest BCUT2D eigenvalue weighted by molar-refractivity contribution is -0.111. The van der Waals surface area contributed by atoms with Gasteiger partial charge in [-0.3, -0.25) is 0 Å². The predicted octanol–water partition coefficient (Wildman–Crippen LogP) is 24.5. The molecule has 700 valence electrons. The SMILES string of the molecule is CCCCC(O)CN(CC(O)CCCC)N(CC(O)CCCC)CC(O)CCCC.CCCCCCCCCCC(O)CN(CC(O)CCCCCCCCC)N(CC(O)CCCCCCCCCC)CC(O)CCCCCCCCCC.CCCCCCCCCCC(O)CN(CC(O)CCCCCCCCCC)Nc1ccccc1. The van der Waals surface area contributed by atoms with Gasteiger partial charge in [0.05, 0.1) is 61.0 Å². The first-order chi connectivity index (χ1) is 56.9. The maximum atomic E-state index is 11.3. The first-order valence-electron chi connectivity index (χ1n) is 51.3. The number of hydrazine groups is 3. The van der Waals surface area contributed by atoms with Crippen LogP contribution < -0.4 is 5.43 Å². The van der Waals surface area contributed by atoms with Crippen LogP contribution in [0.3, 0.4) is 0 Å². The molecule has 1 aromatic carbocycles. The second kappa shape index (κ2) is 90.7. The zero-order valence-electron chi connectivity index (χ0n) is 79.4. The van der Waals surface area contributed by atoms with Gasteiger partial charge in [-0.2, -0.15) is 0 Å². The molecule has 1 aromatic rings. The van der Waals surface area contributed by atoms with E-state index in [2.05, 4.69) is 84.7 Å². The Labute approximate surface area is 726 Å². The van der Waals surface area contributed by atoms with E-state index in [1.54, 1.807) is 0 Å². The van der Waals surface area contributed by atoms with Crippen molar-refractivity contribution in [3.8, 4) is 0 Å². The second-order valence-electron chi connectivity index (χ2n) is 36.2. The quantitative estimate of drug-likeness (QED) is 0.0215. The van der Waals surface area contributed by atoms with Crippen LogP contribution in [0.4, 0.5) is 5.69 Å². The Morgan fingerprint density at radius 1 is 0.179 bits per heavy atom. The molecule has 11 N–H and O–H groups in total. The number of unbranched alkanes of at least 4 members (excludes halogenated alkanes) is 45. The Morgan fingerprint density at radius 2 is 0.316 bits per heavy atom. The fourth-order valence-corrected chi connectivity index (χ4v) is 16.1. The van der Waals surface area contributed by atoms with Gasteiger partial charge in [0, 0.05) is 71.1 Å². The van der Waals surface area contributed by atoms with Gasteiger partial charge < -0.3 is 56.5 Å². The van der Waals surface area contributed by atoms with Gasteiger partial charge in [0.1, 0.15) is 0 Å². The number of nitrogens with zero attached hydrogens (tertiary/aromatic N) is 5. The maximum Gasteiger partial charge on any atom is 0.0685 e. The summed E-state index contributed by atoms with van der Waals surface area (Å²) in [5, 5.41) is 119. The molecular weight excluding hydrogens is 1460 g/mol. The zero-order valence-corrected chi connectivity index (χ0v) is 79.4. The Kier molecular flexibility index (Phi) is 91.0. The fraction of sp³-hybridized carbons (Fsp3) is 0.941. The Balaban J connectivity index is 0. The summed E-state index contributed by atoms with van der Waals surface area (Å²) in [7, 11) is 0. The van der Waals surface area contributed by atoms with E-state index in [1.165, 1.54) is 238 Å². The van der Waals surface area contributed by atoms with E-state index in [4.69, 9.17) is 0 Å². The van der Waals surface area contributed by atoms with Crippen molar-refractivity contribution in [3.05, 3.63) is 30.3 Å². The molecule has 16 heteroatoms. The zero-order chi connectivity index (χ0) is 86.5. The highest BCUT2D eigenvalue weighted by molar-refractivity contribution is 5.41. The van der Waals surface area contributed by atoms with Crippen molar-refractivity contribution < 1.29 is 51.1 Å². The van der Waals surface area contributed by atoms with Gasteiger partial charge in [-0.1, -0.05) is 441 Å². The molecule has 0 bridgehead atoms. The molecule has 0 saturated carbocycles. The standard InChI is InChI=1S/C47H98N2O4.C30H56N2O2.C24H52N2O4/c1-5-9-13-17-21-25-29-33-37-45(51)41-48(40-44(50)36-32-28-24-20-16-12-8-4)49(42-46(52)38-34-30-26-22-18-14-10-6-2)43-47(53)39-35-31-27-23-19-15-11-7-3;1-3-5-7-9-11-13-15-20-24-29(33)26-32(31-28-22-18-17-19-23-28)27-30(34)25-21-16-14-12-10-8-6-4-2;1-5-9-13-21(27)17-25(18-22(28)14-10-6-2)26(19-23(29)15-11-7-3)20-24(30)16-12-8-4/h44-47,50-53H,5-43H2,1-4H3;17-19,22-23,29-31,33-34H,3-16,20-21,24-27H2,1-2H3;21-24,27-30H,5-20H2,1-4H3. The number of hydrogen-bond acceptors (Lipinski definition) is 16. The molecule has 0 saturated heterocycles. The maximum absolute atomic E-state index is 11.3. The van der Waals surface area contributed by atoms with E-state index in [-0.39, 0.29) is 12.2 Å². The van der Waals surface area contributed by atoms with Crippen molar-refractivity contribution in [2.24, 2.45) is 0 Å². The summed E-state index contributed by atoms with van der Waals surface area (Å²) in [5.74, 6) is 0. The van der Waals surface area contributed by atoms with E-state index >= 15 is 0 Å². The van der Waals surface area contributed by atoms with Crippen molar-refractivity contribution in [3.63, 3.8) is 0 Å². The van der Waals surface area contributed by atoms with E-state index < -0.39 is 48.8 Å². The van der Waals surface area contributed by atoms with Gasteiger partial charge in [0.25, 0.3) is 0 Å². The summed E-state index contributed by atoms with van der Waals surface area (Å²) in [4.78, 5) is 0. The highest BCUT2D eigenvalue weighted by atomic mass is 16.3. The predicted molar refractivity (Wildman–Crippen MR) is 505 cm³/mol. The molecule has 1 rings (SSSR count). The molecule has 0 fully saturated rings. The smallest absolute Gasteiger partial charge is 0.0685 e. The summed E-state index contributed by atoms with van der Waals surface area (Å²) >= 11 is 0. The molecule has 0 aliphatic carbocycles. The van der Waals surface area contributed by atoms with Crippen LogP contribution >= 0.6 is 0 Å². The number of para-hydroxylation sites is 1. The van der Waals surface area contributed by atoms with Crippen LogP contribution in [0.15, 0.2) is 30.3 Å². The number of aliphatic hydroxyl groups is 10. The van der Waals surface area contributed by atoms with E-state index in [1.807, 2.05) is 45.4 Å². The number of benzene rings is 1. The highest BCUT2D eigenvalue weighted by Gasteiger charge is 2.28. The largest absolute Gasteiger partial charge is 0.392 e. The normalized spacial score (nSPS) is 14.5. The summed E-state index contributed by atoms with van der Waals surface area (Å²) in [6, 6.07) is 10.1. The molecule has 10 atom stereocenters. The average Bonchev–Trinajstić information content (AvgIpc) is 0.880. The molecule has 0 spiro atoms. The molecular formula is C101H206N6O10. The number of rotatable bonds is 89. The third-order valence-corrected chi connectivity index (χ3v) is 23.8. The average molecular weight is 1660 g/mol. The van der Waals surface area contributed by atoms with Crippen LogP contribution in [0.1, 0.15) is 487 Å². The van der Waals surface area contributed by atoms with Crippen LogP contribution in [-0.4, -0.2) is 203 Å². The number of aliphatic hydroxyl groups excluding tert-OH is 10. The van der Waals surface area contributed by atoms with E-state index in [0.29, 0.717) is 65.4 Å². The van der Waals surface area contributed by atoms with Gasteiger partial charge in [0.2, 0.25) is 0 Å². The van der Waals surface area contributed by atoms with Crippen LogP contribution in [-0.2, 0) is 0 Å². The van der Waals surface area contributed by atoms with Gasteiger partial charge in [-0.05, 0) is 76.3 Å². The third-order valence-electron chi connectivity index (χ3n) is 23.8. The Morgan fingerprint density at radius 3 is 0.479 bits per heavy atom. The molecule has 10 unspecified atom stereocenters. The molecule has 0 amide bonds. The molecule has 117 heavy (non-hydrogen) atoms. The fourth-order valence-electron chi connectivity index (χ4n) is 16.1. The molecule has 0 aromatic heterocycles. The molecule has 0 aliphatic heterocycles. The number of nitrogens with one attached hydrogen (secondary N) is 1. The lowest BCUT2D eigenvalue weighted by Crippen LogP contribution is -2.54. The topological polar surface area (TPSA) is 231 Å². The van der Waals surface area contributed by atoms with Crippen LogP contribution in [0.5, 0.6) is 0 Å². The molecule has 0 heterocycles. The first kappa shape index (κ1) is 117. The summed E-state index contributed by atoms with van der Waals surface area (Å²) in [6.07, 6.45) is 69.9. The van der Waals surface area contributed by atoms with E-state index in [9.17, 15) is 51.1 Å². The van der Waals surface area contributed by atoms with Crippen molar-refractivity contribution in [1.29, 1.82) is 0 Å². The first-order valence-corrected chi connectivity index (χ1v) is 51.3. The minimum Gasteiger partial charge on any atom is -0.392 e. The van der Waals surface area contributed by atoms with Crippen molar-refractivity contribution >= 4 is 5.69 Å². The van der Waals surface area contributed by atoms with E-state index in [0.717, 1.165) is 185 Å². The van der Waals surface area contributed by atoms with Crippen molar-refractivity contribution in [1.82, 2.24) is 25.0 Å². The number of hydrogen-bond donors (Lipinski definition) is 11. The lowest BCUT2D eigenvalue weighted by atomic mass is 10.0. The van der Waals surface area contributed by atoms with Crippen LogP contribution in [0.2, 0.25) is 0 Å². The minimum absolute atomic E-state index is 0.369. The third kappa shape index (κ3) is 81.2. The summed E-state index contributed by atoms with van der Waals surface area (Å²) in [6.45, 7) is 26.5. The van der Waals surface area contributed by atoms with Crippen molar-refractivity contribution in [2.75, 3.05) is 70.9 Å². The lowest BCUT2D eigenvalue weighted by Gasteiger charge is -2.39.